The third kappa shape index (κ3) is 3.20. The highest BCUT2D eigenvalue weighted by atomic mass is 16.5. The van der Waals surface area contributed by atoms with Crippen molar-refractivity contribution in [3.05, 3.63) is 66.5 Å². The molecule has 0 bridgehead atoms. The molecule has 2 aliphatic rings. The minimum atomic E-state index is -0.283. The molecule has 0 atom stereocenters. The Morgan fingerprint density at radius 3 is 2.69 bits per heavy atom. The number of nitrogens with one attached hydrogen (secondary N) is 1. The molecule has 1 spiro atoms. The Morgan fingerprint density at radius 1 is 1.03 bits per heavy atom. The molecule has 4 aromatic rings. The Balaban J connectivity index is 1.25. The average Bonchev–Trinajstić information content (AvgIpc) is 3.25. The van der Waals surface area contributed by atoms with Crippen LogP contribution >= 0.6 is 0 Å². The molecule has 7 heteroatoms. The third-order valence-corrected chi connectivity index (χ3v) is 6.93. The van der Waals surface area contributed by atoms with Gasteiger partial charge < -0.3 is 19.5 Å². The number of aromatic nitrogens is 3. The summed E-state index contributed by atoms with van der Waals surface area (Å²) in [5.74, 6) is 0.963. The predicted molar refractivity (Wildman–Crippen MR) is 123 cm³/mol. The maximum absolute atomic E-state index is 13.0. The van der Waals surface area contributed by atoms with Gasteiger partial charge in [-0.15, -0.1) is 0 Å². The van der Waals surface area contributed by atoms with E-state index in [-0.39, 0.29) is 18.1 Å². The molecule has 1 N–H and O–H groups in total. The molecule has 0 unspecified atom stereocenters. The van der Waals surface area contributed by atoms with Gasteiger partial charge in [-0.2, -0.15) is 0 Å². The van der Waals surface area contributed by atoms with Gasteiger partial charge in [0.2, 0.25) is 5.91 Å². The normalized spacial score (nSPS) is 18.7. The number of morpholine rings is 1. The van der Waals surface area contributed by atoms with Gasteiger partial charge in [-0.05, 0) is 36.6 Å². The van der Waals surface area contributed by atoms with Crippen molar-refractivity contribution in [3.63, 3.8) is 0 Å². The monoisotopic (exact) mass is 427 g/mol. The summed E-state index contributed by atoms with van der Waals surface area (Å²) in [4.78, 5) is 30.0. The summed E-state index contributed by atoms with van der Waals surface area (Å²) >= 11 is 0. The van der Waals surface area contributed by atoms with E-state index >= 15 is 0 Å². The highest BCUT2D eigenvalue weighted by Crippen LogP contribution is 2.35. The number of fused-ring (bicyclic) bond motifs is 2. The molecule has 32 heavy (non-hydrogen) atoms. The number of piperidine rings is 1. The van der Waals surface area contributed by atoms with Crippen LogP contribution in [0.15, 0.2) is 60.9 Å². The minimum Gasteiger partial charge on any atom is -0.369 e. The average molecular weight is 428 g/mol. The van der Waals surface area contributed by atoms with Gasteiger partial charge in [0.05, 0.1) is 29.4 Å². The molecule has 2 saturated heterocycles. The number of hydrogen-bond donors (Lipinski definition) is 1. The Bertz CT molecular complexity index is 1290. The van der Waals surface area contributed by atoms with Crippen LogP contribution in [0.4, 0.5) is 5.82 Å². The van der Waals surface area contributed by atoms with Crippen LogP contribution in [0.3, 0.4) is 0 Å². The lowest BCUT2D eigenvalue weighted by molar-refractivity contribution is -0.161. The fourth-order valence-electron chi connectivity index (χ4n) is 5.10. The first-order chi connectivity index (χ1) is 15.7. The maximum atomic E-state index is 13.0. The second-order valence-corrected chi connectivity index (χ2v) is 8.76. The van der Waals surface area contributed by atoms with Crippen molar-refractivity contribution in [3.8, 4) is 0 Å². The van der Waals surface area contributed by atoms with Crippen LogP contribution in [0.1, 0.15) is 18.4 Å². The maximum Gasteiger partial charge on any atom is 0.249 e. The molecule has 162 valence electrons. The minimum absolute atomic E-state index is 0.0699. The number of carbonyl (C=O) groups is 1. The summed E-state index contributed by atoms with van der Waals surface area (Å²) in [5.41, 5.74) is 3.78. The number of para-hydroxylation sites is 3. The number of nitrogens with zero attached hydrogens (tertiary/aromatic N) is 4. The number of anilines is 1. The van der Waals surface area contributed by atoms with E-state index in [0.29, 0.717) is 13.2 Å². The van der Waals surface area contributed by atoms with E-state index in [2.05, 4.69) is 31.9 Å². The van der Waals surface area contributed by atoms with Gasteiger partial charge in [0.15, 0.2) is 0 Å². The Labute approximate surface area is 186 Å². The summed E-state index contributed by atoms with van der Waals surface area (Å²) in [6, 6.07) is 16.2. The van der Waals surface area contributed by atoms with Crippen LogP contribution in [-0.2, 0) is 16.1 Å². The Morgan fingerprint density at radius 2 is 1.81 bits per heavy atom. The largest absolute Gasteiger partial charge is 0.369 e. The molecule has 2 fully saturated rings. The molecule has 0 saturated carbocycles. The topological polar surface area (TPSA) is 74.3 Å². The molecular formula is C25H25N5O2. The van der Waals surface area contributed by atoms with E-state index in [1.165, 1.54) is 5.39 Å². The van der Waals surface area contributed by atoms with Gasteiger partial charge >= 0.3 is 0 Å². The van der Waals surface area contributed by atoms with E-state index in [1.807, 2.05) is 48.8 Å². The number of hydrogen-bond acceptors (Lipinski definition) is 5. The smallest absolute Gasteiger partial charge is 0.249 e. The number of benzene rings is 2. The van der Waals surface area contributed by atoms with Crippen LogP contribution in [-0.4, -0.2) is 57.6 Å². The lowest BCUT2D eigenvalue weighted by atomic mass is 9.84. The molecule has 0 aliphatic carbocycles. The number of rotatable bonds is 3. The molecule has 4 heterocycles. The SMILES string of the molecule is O=C1COCC2(CCN(c3cnc4ccccc4n3)CC2)N1Cc1c[nH]c2ccccc12. The zero-order valence-corrected chi connectivity index (χ0v) is 17.8. The number of H-pyrrole nitrogens is 1. The third-order valence-electron chi connectivity index (χ3n) is 6.93. The zero-order valence-electron chi connectivity index (χ0n) is 17.8. The number of aromatic amines is 1. The highest BCUT2D eigenvalue weighted by molar-refractivity contribution is 5.84. The second-order valence-electron chi connectivity index (χ2n) is 8.76. The standard InChI is InChI=1S/C25H25N5O2/c31-24-16-32-17-25(30(24)15-18-13-26-20-6-2-1-5-19(18)20)9-11-29(12-10-25)23-14-27-21-7-3-4-8-22(21)28-23/h1-8,13-14,26H,9-12,15-17H2. The van der Waals surface area contributed by atoms with Gasteiger partial charge in [-0.1, -0.05) is 30.3 Å². The fraction of sp³-hybridized carbons (Fsp3) is 0.320. The van der Waals surface area contributed by atoms with Gasteiger partial charge in [-0.25, -0.2) is 4.98 Å². The van der Waals surface area contributed by atoms with Crippen molar-refractivity contribution >= 4 is 33.7 Å². The first-order valence-corrected chi connectivity index (χ1v) is 11.1. The van der Waals surface area contributed by atoms with Gasteiger partial charge in [0.1, 0.15) is 12.4 Å². The molecule has 2 aromatic heterocycles. The lowest BCUT2D eigenvalue weighted by Gasteiger charge is -2.51. The van der Waals surface area contributed by atoms with E-state index < -0.39 is 0 Å². The highest BCUT2D eigenvalue weighted by Gasteiger charge is 2.45. The molecule has 2 aliphatic heterocycles. The summed E-state index contributed by atoms with van der Waals surface area (Å²) in [6.07, 6.45) is 5.57. The van der Waals surface area contributed by atoms with Crippen LogP contribution in [0.5, 0.6) is 0 Å². The number of ether oxygens (including phenoxy) is 1. The second kappa shape index (κ2) is 7.60. The van der Waals surface area contributed by atoms with Crippen LogP contribution in [0.25, 0.3) is 21.9 Å². The van der Waals surface area contributed by atoms with Crippen molar-refractivity contribution in [2.45, 2.75) is 24.9 Å². The molecule has 7 nitrogen and oxygen atoms in total. The summed E-state index contributed by atoms with van der Waals surface area (Å²) < 4.78 is 5.77. The van der Waals surface area contributed by atoms with Crippen molar-refractivity contribution in [1.29, 1.82) is 0 Å². The summed E-state index contributed by atoms with van der Waals surface area (Å²) in [5, 5.41) is 1.17. The summed E-state index contributed by atoms with van der Waals surface area (Å²) in [6.45, 7) is 2.96. The van der Waals surface area contributed by atoms with Crippen molar-refractivity contribution in [1.82, 2.24) is 19.9 Å². The lowest BCUT2D eigenvalue weighted by Crippen LogP contribution is -2.63. The van der Waals surface area contributed by atoms with Crippen LogP contribution < -0.4 is 4.90 Å². The fourth-order valence-corrected chi connectivity index (χ4v) is 5.10. The zero-order chi connectivity index (χ0) is 21.5. The van der Waals surface area contributed by atoms with Gasteiger partial charge in [0.25, 0.3) is 0 Å². The van der Waals surface area contributed by atoms with Crippen LogP contribution in [0, 0.1) is 0 Å². The quantitative estimate of drug-likeness (QED) is 0.542. The van der Waals surface area contributed by atoms with E-state index in [4.69, 9.17) is 9.72 Å². The Kier molecular flexibility index (Phi) is 4.57. The van der Waals surface area contributed by atoms with E-state index in [1.54, 1.807) is 0 Å². The number of carbonyl (C=O) groups excluding carboxylic acids is 1. The first-order valence-electron chi connectivity index (χ1n) is 11.1. The molecule has 0 radical (unpaired) electrons. The molecule has 1 amide bonds. The van der Waals surface area contributed by atoms with Crippen LogP contribution in [0.2, 0.25) is 0 Å². The Hall–Kier alpha value is -3.45. The summed E-state index contributed by atoms with van der Waals surface area (Å²) in [7, 11) is 0. The van der Waals surface area contributed by atoms with E-state index in [0.717, 1.165) is 53.9 Å². The molecule has 2 aromatic carbocycles. The van der Waals surface area contributed by atoms with Crippen molar-refractivity contribution < 1.29 is 9.53 Å². The van der Waals surface area contributed by atoms with Gasteiger partial charge in [0, 0.05) is 36.7 Å². The molecule has 6 rings (SSSR count). The predicted octanol–water partition coefficient (Wildman–Crippen LogP) is 3.51. The van der Waals surface area contributed by atoms with Crippen molar-refractivity contribution in [2.24, 2.45) is 0 Å². The number of amides is 1. The molecular weight excluding hydrogens is 402 g/mol. The van der Waals surface area contributed by atoms with E-state index in [9.17, 15) is 4.79 Å². The van der Waals surface area contributed by atoms with Gasteiger partial charge in [-0.3, -0.25) is 9.78 Å². The van der Waals surface area contributed by atoms with Crippen molar-refractivity contribution in [2.75, 3.05) is 31.2 Å². The first kappa shape index (κ1) is 19.3.